The van der Waals surface area contributed by atoms with Crippen molar-refractivity contribution in [3.8, 4) is 0 Å². The normalized spacial score (nSPS) is 23.2. The van der Waals surface area contributed by atoms with Crippen molar-refractivity contribution in [2.75, 3.05) is 20.3 Å². The lowest BCUT2D eigenvalue weighted by atomic mass is 10.0. The van der Waals surface area contributed by atoms with Crippen LogP contribution in [0.3, 0.4) is 0 Å². The van der Waals surface area contributed by atoms with E-state index in [1.807, 2.05) is 0 Å². The Balaban J connectivity index is 1.64. The molecule has 4 heteroatoms. The molecule has 0 spiro atoms. The molecule has 0 aromatic carbocycles. The van der Waals surface area contributed by atoms with Crippen LogP contribution in [-0.2, 0) is 9.53 Å². The first-order valence-electron chi connectivity index (χ1n) is 6.67. The van der Waals surface area contributed by atoms with Crippen molar-refractivity contribution in [3.05, 3.63) is 0 Å². The van der Waals surface area contributed by atoms with E-state index in [4.69, 9.17) is 10.5 Å². The van der Waals surface area contributed by atoms with Crippen LogP contribution in [0.1, 0.15) is 38.5 Å². The maximum absolute atomic E-state index is 11.8. The molecule has 0 aromatic heterocycles. The predicted octanol–water partition coefficient (Wildman–Crippen LogP) is 1.05. The van der Waals surface area contributed by atoms with Crippen LogP contribution >= 0.6 is 0 Å². The van der Waals surface area contributed by atoms with Crippen LogP contribution in [0, 0.1) is 11.3 Å². The van der Waals surface area contributed by atoms with E-state index in [0.29, 0.717) is 11.3 Å². The Morgan fingerprint density at radius 3 is 2.76 bits per heavy atom. The maximum Gasteiger partial charge on any atom is 0.236 e. The van der Waals surface area contributed by atoms with Crippen molar-refractivity contribution in [3.63, 3.8) is 0 Å². The van der Waals surface area contributed by atoms with E-state index in [-0.39, 0.29) is 11.9 Å². The summed E-state index contributed by atoms with van der Waals surface area (Å²) in [6.07, 6.45) is 6.80. The van der Waals surface area contributed by atoms with Gasteiger partial charge in [-0.3, -0.25) is 4.79 Å². The van der Waals surface area contributed by atoms with Gasteiger partial charge < -0.3 is 15.8 Å². The lowest BCUT2D eigenvalue weighted by Crippen LogP contribution is -2.43. The summed E-state index contributed by atoms with van der Waals surface area (Å²) in [5, 5.41) is 3.01. The molecule has 0 radical (unpaired) electrons. The maximum atomic E-state index is 11.8. The largest absolute Gasteiger partial charge is 0.385 e. The minimum absolute atomic E-state index is 0.0283. The van der Waals surface area contributed by atoms with Crippen molar-refractivity contribution in [2.45, 2.75) is 44.6 Å². The fourth-order valence-corrected chi connectivity index (χ4v) is 2.24. The molecule has 4 nitrogen and oxygen atoms in total. The first-order chi connectivity index (χ1) is 8.15. The van der Waals surface area contributed by atoms with Crippen LogP contribution in [0.4, 0.5) is 0 Å². The smallest absolute Gasteiger partial charge is 0.236 e. The summed E-state index contributed by atoms with van der Waals surface area (Å²) in [6, 6.07) is -0.305. The molecule has 1 atom stereocenters. The number of methoxy groups -OCH3 is 1. The van der Waals surface area contributed by atoms with Crippen LogP contribution < -0.4 is 11.1 Å². The van der Waals surface area contributed by atoms with Gasteiger partial charge in [-0.05, 0) is 37.0 Å². The van der Waals surface area contributed by atoms with Crippen molar-refractivity contribution in [1.29, 1.82) is 0 Å². The fraction of sp³-hybridized carbons (Fsp3) is 0.923. The van der Waals surface area contributed by atoms with E-state index in [0.717, 1.165) is 26.0 Å². The molecule has 0 aromatic rings. The predicted molar refractivity (Wildman–Crippen MR) is 66.5 cm³/mol. The van der Waals surface area contributed by atoms with Gasteiger partial charge in [-0.1, -0.05) is 12.8 Å². The van der Waals surface area contributed by atoms with Crippen molar-refractivity contribution in [1.82, 2.24) is 5.32 Å². The highest BCUT2D eigenvalue weighted by Gasteiger charge is 2.42. The molecule has 1 amide bonds. The van der Waals surface area contributed by atoms with E-state index in [2.05, 4.69) is 5.32 Å². The zero-order valence-corrected chi connectivity index (χ0v) is 10.7. The van der Waals surface area contributed by atoms with Gasteiger partial charge in [-0.2, -0.15) is 0 Å². The third-order valence-electron chi connectivity index (χ3n) is 4.05. The van der Waals surface area contributed by atoms with Crippen LogP contribution in [0.15, 0.2) is 0 Å². The van der Waals surface area contributed by atoms with E-state index < -0.39 is 0 Å². The van der Waals surface area contributed by atoms with Gasteiger partial charge in [0.15, 0.2) is 0 Å². The first-order valence-corrected chi connectivity index (χ1v) is 6.67. The summed E-state index contributed by atoms with van der Waals surface area (Å²) in [5.41, 5.74) is 6.18. The number of carbonyl (C=O) groups is 1. The molecule has 98 valence electrons. The average Bonchev–Trinajstić information content (AvgIpc) is 3.20. The number of nitrogens with one attached hydrogen (secondary N) is 1. The number of nitrogens with two attached hydrogens (primary N) is 1. The van der Waals surface area contributed by atoms with Gasteiger partial charge in [-0.25, -0.2) is 0 Å². The summed E-state index contributed by atoms with van der Waals surface area (Å²) in [7, 11) is 1.72. The molecule has 2 aliphatic rings. The molecule has 0 bridgehead atoms. The number of carbonyl (C=O) groups excluding carboxylic acids is 1. The monoisotopic (exact) mass is 240 g/mol. The second kappa shape index (κ2) is 5.36. The van der Waals surface area contributed by atoms with E-state index in [1.54, 1.807) is 7.11 Å². The highest BCUT2D eigenvalue weighted by atomic mass is 16.5. The quantitative estimate of drug-likeness (QED) is 0.666. The first kappa shape index (κ1) is 12.8. The molecule has 2 aliphatic carbocycles. The summed E-state index contributed by atoms with van der Waals surface area (Å²) >= 11 is 0. The third-order valence-corrected chi connectivity index (χ3v) is 4.05. The number of hydrogen-bond acceptors (Lipinski definition) is 3. The Morgan fingerprint density at radius 1 is 1.53 bits per heavy atom. The standard InChI is InChI=1S/C13H24N2O2/c1-17-7-6-13(4-5-13)9-15-12(16)11(14)8-10-2-3-10/h10-11H,2-9,14H2,1H3,(H,15,16)/t11-/m0/s1. The summed E-state index contributed by atoms with van der Waals surface area (Å²) in [6.45, 7) is 1.55. The Bertz CT molecular complexity index is 273. The zero-order chi connectivity index (χ0) is 12.3. The minimum Gasteiger partial charge on any atom is -0.385 e. The van der Waals surface area contributed by atoms with E-state index in [9.17, 15) is 4.79 Å². The Labute approximate surface area is 103 Å². The van der Waals surface area contributed by atoms with Gasteiger partial charge in [0.05, 0.1) is 6.04 Å². The zero-order valence-electron chi connectivity index (χ0n) is 10.7. The van der Waals surface area contributed by atoms with E-state index >= 15 is 0 Å². The van der Waals surface area contributed by atoms with E-state index in [1.165, 1.54) is 25.7 Å². The molecule has 17 heavy (non-hydrogen) atoms. The van der Waals surface area contributed by atoms with Crippen LogP contribution in [0.25, 0.3) is 0 Å². The summed E-state index contributed by atoms with van der Waals surface area (Å²) in [4.78, 5) is 11.8. The molecule has 0 saturated heterocycles. The molecular weight excluding hydrogens is 216 g/mol. The van der Waals surface area contributed by atoms with Crippen molar-refractivity contribution < 1.29 is 9.53 Å². The van der Waals surface area contributed by atoms with Gasteiger partial charge >= 0.3 is 0 Å². The second-order valence-corrected chi connectivity index (χ2v) is 5.75. The van der Waals surface area contributed by atoms with Crippen LogP contribution in [0.2, 0.25) is 0 Å². The number of hydrogen-bond donors (Lipinski definition) is 2. The van der Waals surface area contributed by atoms with Crippen molar-refractivity contribution in [2.24, 2.45) is 17.1 Å². The van der Waals surface area contributed by atoms with Crippen molar-refractivity contribution >= 4 is 5.91 Å². The van der Waals surface area contributed by atoms with Gasteiger partial charge in [0.25, 0.3) is 0 Å². The highest BCUT2D eigenvalue weighted by Crippen LogP contribution is 2.48. The second-order valence-electron chi connectivity index (χ2n) is 5.75. The Morgan fingerprint density at radius 2 is 2.24 bits per heavy atom. The molecule has 0 aliphatic heterocycles. The molecule has 0 heterocycles. The van der Waals surface area contributed by atoms with Crippen LogP contribution in [0.5, 0.6) is 0 Å². The molecular formula is C13H24N2O2. The molecule has 2 fully saturated rings. The van der Waals surface area contributed by atoms with Gasteiger partial charge in [0, 0.05) is 20.3 Å². The fourth-order valence-electron chi connectivity index (χ4n) is 2.24. The third kappa shape index (κ3) is 3.96. The van der Waals surface area contributed by atoms with Crippen LogP contribution in [-0.4, -0.2) is 32.2 Å². The Hall–Kier alpha value is -0.610. The average molecular weight is 240 g/mol. The number of ether oxygens (including phenoxy) is 1. The molecule has 2 rings (SSSR count). The topological polar surface area (TPSA) is 64.3 Å². The molecule has 0 unspecified atom stereocenters. The highest BCUT2D eigenvalue weighted by molar-refractivity contribution is 5.81. The molecule has 2 saturated carbocycles. The van der Waals surface area contributed by atoms with Gasteiger partial charge in [-0.15, -0.1) is 0 Å². The molecule has 3 N–H and O–H groups in total. The lowest BCUT2D eigenvalue weighted by molar-refractivity contribution is -0.122. The number of amides is 1. The number of rotatable bonds is 8. The van der Waals surface area contributed by atoms with Gasteiger partial charge in [0.1, 0.15) is 0 Å². The Kier molecular flexibility index (Phi) is 4.05. The minimum atomic E-state index is -0.305. The lowest BCUT2D eigenvalue weighted by Gasteiger charge is -2.17. The SMILES string of the molecule is COCCC1(CNC(=O)[C@@H](N)CC2CC2)CC1. The summed E-state index contributed by atoms with van der Waals surface area (Å²) in [5.74, 6) is 0.736. The van der Waals surface area contributed by atoms with Gasteiger partial charge in [0.2, 0.25) is 5.91 Å². The summed E-state index contributed by atoms with van der Waals surface area (Å²) < 4.78 is 5.10.